The molecule has 0 fully saturated rings. The summed E-state index contributed by atoms with van der Waals surface area (Å²) in [6, 6.07) is 4.79. The summed E-state index contributed by atoms with van der Waals surface area (Å²) in [5.74, 6) is 1.09. The van der Waals surface area contributed by atoms with Crippen LogP contribution in [0, 0.1) is 10.1 Å². The van der Waals surface area contributed by atoms with Crippen molar-refractivity contribution in [3.05, 3.63) is 34.5 Å². The molecule has 0 bridgehead atoms. The van der Waals surface area contributed by atoms with E-state index in [1.165, 1.54) is 26.5 Å². The van der Waals surface area contributed by atoms with Gasteiger partial charge in [0.2, 0.25) is 0 Å². The highest BCUT2D eigenvalue weighted by molar-refractivity contribution is 5.88. The highest BCUT2D eigenvalue weighted by Crippen LogP contribution is 2.31. The number of hydrogen-bond donors (Lipinski definition) is 0. The molecule has 0 aliphatic carbocycles. The molecule has 1 aromatic carbocycles. The van der Waals surface area contributed by atoms with Gasteiger partial charge in [-0.15, -0.1) is 0 Å². The van der Waals surface area contributed by atoms with Crippen LogP contribution in [-0.2, 0) is 0 Å². The van der Waals surface area contributed by atoms with Crippen molar-refractivity contribution in [3.63, 3.8) is 0 Å². The largest absolute Gasteiger partial charge is 0.497 e. The lowest BCUT2D eigenvalue weighted by Gasteiger charge is -2.07. The Kier molecular flexibility index (Phi) is 2.78. The third-order valence-corrected chi connectivity index (χ3v) is 2.39. The Morgan fingerprint density at radius 1 is 1.24 bits per heavy atom. The van der Waals surface area contributed by atoms with Gasteiger partial charge in [-0.05, 0) is 0 Å². The minimum absolute atomic E-state index is 0.0685. The number of fused-ring (bicyclic) bond motifs is 1. The summed E-state index contributed by atoms with van der Waals surface area (Å²) in [5, 5.41) is 11.3. The van der Waals surface area contributed by atoms with Gasteiger partial charge < -0.3 is 9.47 Å². The molecule has 2 rings (SSSR count). The van der Waals surface area contributed by atoms with Crippen LogP contribution in [-0.4, -0.2) is 24.1 Å². The van der Waals surface area contributed by atoms with Crippen molar-refractivity contribution in [2.75, 3.05) is 14.2 Å². The van der Waals surface area contributed by atoms with Crippen molar-refractivity contribution in [1.29, 1.82) is 0 Å². The lowest BCUT2D eigenvalue weighted by Crippen LogP contribution is -1.93. The van der Waals surface area contributed by atoms with Crippen LogP contribution in [0.1, 0.15) is 0 Å². The maximum Gasteiger partial charge on any atom is 0.288 e. The molecule has 2 aromatic rings. The Bertz CT molecular complexity index is 583. The molecule has 0 radical (unpaired) electrons. The van der Waals surface area contributed by atoms with E-state index in [1.54, 1.807) is 12.1 Å². The van der Waals surface area contributed by atoms with E-state index in [1.807, 2.05) is 0 Å². The quantitative estimate of drug-likeness (QED) is 0.600. The first-order valence-corrected chi connectivity index (χ1v) is 4.82. The number of nitrogens with zero attached hydrogens (tertiary/aromatic N) is 2. The maximum absolute atomic E-state index is 10.7. The molecule has 0 saturated heterocycles. The van der Waals surface area contributed by atoms with E-state index in [9.17, 15) is 10.1 Å². The van der Waals surface area contributed by atoms with Gasteiger partial charge in [-0.2, -0.15) is 0 Å². The summed E-state index contributed by atoms with van der Waals surface area (Å²) < 4.78 is 10.3. The van der Waals surface area contributed by atoms with Gasteiger partial charge in [0, 0.05) is 23.6 Å². The molecule has 0 spiro atoms. The number of methoxy groups -OCH3 is 2. The van der Waals surface area contributed by atoms with E-state index >= 15 is 0 Å². The number of pyridine rings is 1. The van der Waals surface area contributed by atoms with Crippen molar-refractivity contribution in [3.8, 4) is 11.5 Å². The average Bonchev–Trinajstić information content (AvgIpc) is 2.36. The SMILES string of the molecule is COc1cc(OC)c2cc([N+](=O)[O-])cnc2c1. The van der Waals surface area contributed by atoms with Gasteiger partial charge in [0.25, 0.3) is 5.69 Å². The summed E-state index contributed by atoms with van der Waals surface area (Å²) in [4.78, 5) is 14.2. The smallest absolute Gasteiger partial charge is 0.288 e. The second kappa shape index (κ2) is 4.25. The molecule has 0 amide bonds. The number of rotatable bonds is 3. The topological polar surface area (TPSA) is 74.5 Å². The first kappa shape index (κ1) is 11.1. The third kappa shape index (κ3) is 1.96. The summed E-state index contributed by atoms with van der Waals surface area (Å²) in [6.45, 7) is 0. The fraction of sp³-hybridized carbons (Fsp3) is 0.182. The van der Waals surface area contributed by atoms with Crippen molar-refractivity contribution < 1.29 is 14.4 Å². The van der Waals surface area contributed by atoms with E-state index in [4.69, 9.17) is 9.47 Å². The molecule has 1 heterocycles. The number of nitro groups is 1. The van der Waals surface area contributed by atoms with Crippen LogP contribution in [0.5, 0.6) is 11.5 Å². The summed E-state index contributed by atoms with van der Waals surface area (Å²) >= 11 is 0. The monoisotopic (exact) mass is 234 g/mol. The molecule has 6 heteroatoms. The fourth-order valence-electron chi connectivity index (χ4n) is 1.55. The minimum atomic E-state index is -0.490. The van der Waals surface area contributed by atoms with E-state index in [2.05, 4.69) is 4.98 Å². The zero-order valence-corrected chi connectivity index (χ0v) is 9.34. The second-order valence-corrected chi connectivity index (χ2v) is 3.35. The lowest BCUT2D eigenvalue weighted by atomic mass is 10.2. The maximum atomic E-state index is 10.7. The van der Waals surface area contributed by atoms with Gasteiger partial charge in [-0.3, -0.25) is 10.1 Å². The fourth-order valence-corrected chi connectivity index (χ4v) is 1.55. The minimum Gasteiger partial charge on any atom is -0.497 e. The van der Waals surface area contributed by atoms with Crippen LogP contribution in [0.2, 0.25) is 0 Å². The predicted octanol–water partition coefficient (Wildman–Crippen LogP) is 2.16. The normalized spacial score (nSPS) is 10.2. The summed E-state index contributed by atoms with van der Waals surface area (Å²) in [6.07, 6.45) is 1.21. The zero-order valence-electron chi connectivity index (χ0n) is 9.34. The van der Waals surface area contributed by atoms with E-state index in [0.29, 0.717) is 22.4 Å². The summed E-state index contributed by atoms with van der Waals surface area (Å²) in [5.41, 5.74) is 0.521. The Morgan fingerprint density at radius 3 is 2.59 bits per heavy atom. The number of ether oxygens (including phenoxy) is 2. The molecule has 0 unspecified atom stereocenters. The van der Waals surface area contributed by atoms with Gasteiger partial charge in [0.1, 0.15) is 17.7 Å². The number of aromatic nitrogens is 1. The van der Waals surface area contributed by atoms with Crippen LogP contribution in [0.3, 0.4) is 0 Å². The Morgan fingerprint density at radius 2 is 2.00 bits per heavy atom. The van der Waals surface area contributed by atoms with Crippen LogP contribution >= 0.6 is 0 Å². The highest BCUT2D eigenvalue weighted by Gasteiger charge is 2.12. The van der Waals surface area contributed by atoms with Crippen LogP contribution in [0.25, 0.3) is 10.9 Å². The van der Waals surface area contributed by atoms with Crippen molar-refractivity contribution in [2.45, 2.75) is 0 Å². The van der Waals surface area contributed by atoms with E-state index < -0.39 is 4.92 Å². The van der Waals surface area contributed by atoms with Crippen LogP contribution in [0.4, 0.5) is 5.69 Å². The number of benzene rings is 1. The molecule has 0 aliphatic heterocycles. The first-order valence-electron chi connectivity index (χ1n) is 4.82. The zero-order chi connectivity index (χ0) is 12.4. The standard InChI is InChI=1S/C11H10N2O4/c1-16-8-4-10-9(11(5-8)17-2)3-7(6-12-10)13(14)15/h3-6H,1-2H3. The summed E-state index contributed by atoms with van der Waals surface area (Å²) in [7, 11) is 3.03. The van der Waals surface area contributed by atoms with Gasteiger partial charge >= 0.3 is 0 Å². The second-order valence-electron chi connectivity index (χ2n) is 3.35. The van der Waals surface area contributed by atoms with Crippen LogP contribution < -0.4 is 9.47 Å². The molecule has 0 aliphatic rings. The van der Waals surface area contributed by atoms with Gasteiger partial charge in [0.15, 0.2) is 0 Å². The molecule has 0 atom stereocenters. The predicted molar refractivity (Wildman–Crippen MR) is 61.5 cm³/mol. The first-order chi connectivity index (χ1) is 8.15. The Balaban J connectivity index is 2.71. The molecular weight excluding hydrogens is 224 g/mol. The van der Waals surface area contributed by atoms with Gasteiger partial charge in [-0.1, -0.05) is 0 Å². The Labute approximate surface area is 96.9 Å². The molecule has 88 valence electrons. The Hall–Kier alpha value is -2.37. The molecule has 1 aromatic heterocycles. The lowest BCUT2D eigenvalue weighted by molar-refractivity contribution is -0.385. The molecule has 6 nitrogen and oxygen atoms in total. The molecule has 17 heavy (non-hydrogen) atoms. The van der Waals surface area contributed by atoms with Crippen molar-refractivity contribution in [1.82, 2.24) is 4.98 Å². The van der Waals surface area contributed by atoms with Gasteiger partial charge in [0.05, 0.1) is 24.7 Å². The molecule has 0 N–H and O–H groups in total. The highest BCUT2D eigenvalue weighted by atomic mass is 16.6. The molecule has 0 saturated carbocycles. The van der Waals surface area contributed by atoms with Crippen molar-refractivity contribution >= 4 is 16.6 Å². The number of hydrogen-bond acceptors (Lipinski definition) is 5. The van der Waals surface area contributed by atoms with E-state index in [-0.39, 0.29) is 5.69 Å². The molecular formula is C11H10N2O4. The van der Waals surface area contributed by atoms with E-state index in [0.717, 1.165) is 0 Å². The van der Waals surface area contributed by atoms with Gasteiger partial charge in [-0.25, -0.2) is 4.98 Å². The van der Waals surface area contributed by atoms with Crippen LogP contribution in [0.15, 0.2) is 24.4 Å². The third-order valence-electron chi connectivity index (χ3n) is 2.39. The van der Waals surface area contributed by atoms with Crippen molar-refractivity contribution in [2.24, 2.45) is 0 Å². The average molecular weight is 234 g/mol.